The molecule has 0 radical (unpaired) electrons. The number of halogens is 2. The van der Waals surface area contributed by atoms with Crippen molar-refractivity contribution in [3.63, 3.8) is 0 Å². The number of quaternary nitrogens is 1. The number of carbonyl (C=O) groups is 1. The fraction of sp³-hybridized carbons (Fsp3) is 0.300. The van der Waals surface area contributed by atoms with Gasteiger partial charge in [-0.1, -0.05) is 29.0 Å². The number of rotatable bonds is 6. The molecule has 1 N–H and O–H groups in total. The summed E-state index contributed by atoms with van der Waals surface area (Å²) in [6, 6.07) is 9.36. The highest BCUT2D eigenvalue weighted by Crippen LogP contribution is 2.32. The zero-order chi connectivity index (χ0) is 19.6. The third-order valence-corrected chi connectivity index (χ3v) is 5.26. The molecule has 27 heavy (non-hydrogen) atoms. The fourth-order valence-corrected chi connectivity index (χ4v) is 3.82. The number of hydrogen-bond donors (Lipinski definition) is 1. The second-order valence-corrected chi connectivity index (χ2v) is 7.87. The van der Waals surface area contributed by atoms with Crippen LogP contribution in [0.2, 0.25) is 0 Å². The molecule has 142 valence electrons. The van der Waals surface area contributed by atoms with Gasteiger partial charge in [0, 0.05) is 24.6 Å². The van der Waals surface area contributed by atoms with E-state index in [1.165, 1.54) is 11.0 Å². The monoisotopic (exact) mass is 390 g/mol. The van der Waals surface area contributed by atoms with Gasteiger partial charge in [-0.25, -0.2) is 13.8 Å². The molecule has 0 unspecified atom stereocenters. The van der Waals surface area contributed by atoms with Gasteiger partial charge < -0.3 is 4.90 Å². The van der Waals surface area contributed by atoms with E-state index in [4.69, 9.17) is 0 Å². The number of fused-ring (bicyclic) bond motifs is 1. The van der Waals surface area contributed by atoms with Gasteiger partial charge in [0.15, 0.2) is 10.9 Å². The van der Waals surface area contributed by atoms with Gasteiger partial charge in [0.2, 0.25) is 0 Å². The van der Waals surface area contributed by atoms with Crippen molar-refractivity contribution in [2.24, 2.45) is 0 Å². The van der Waals surface area contributed by atoms with Crippen molar-refractivity contribution in [1.82, 2.24) is 4.98 Å². The molecule has 0 saturated heterocycles. The molecule has 7 heteroatoms. The summed E-state index contributed by atoms with van der Waals surface area (Å²) < 4.78 is 28.0. The maximum absolute atomic E-state index is 14.0. The van der Waals surface area contributed by atoms with Gasteiger partial charge in [0.25, 0.3) is 5.91 Å². The lowest BCUT2D eigenvalue weighted by Crippen LogP contribution is -3.05. The lowest BCUT2D eigenvalue weighted by molar-refractivity contribution is -0.858. The van der Waals surface area contributed by atoms with Crippen LogP contribution in [0.5, 0.6) is 0 Å². The van der Waals surface area contributed by atoms with Crippen molar-refractivity contribution < 1.29 is 18.5 Å². The number of benzene rings is 2. The van der Waals surface area contributed by atoms with Gasteiger partial charge >= 0.3 is 0 Å². The lowest BCUT2D eigenvalue weighted by Gasteiger charge is -2.20. The molecule has 0 aliphatic rings. The predicted octanol–water partition coefficient (Wildman–Crippen LogP) is 3.06. The molecule has 1 aromatic heterocycles. The molecule has 0 saturated carbocycles. The van der Waals surface area contributed by atoms with Crippen LogP contribution in [0.15, 0.2) is 36.4 Å². The Kier molecular flexibility index (Phi) is 5.82. The molecule has 0 fully saturated rings. The molecular weight excluding hydrogens is 368 g/mol. The molecule has 2 aromatic carbocycles. The molecule has 0 aliphatic carbocycles. The van der Waals surface area contributed by atoms with Crippen molar-refractivity contribution in [1.29, 1.82) is 0 Å². The van der Waals surface area contributed by atoms with E-state index in [9.17, 15) is 13.6 Å². The molecule has 1 heterocycles. The molecule has 0 spiro atoms. The van der Waals surface area contributed by atoms with Gasteiger partial charge in [-0.2, -0.15) is 0 Å². The lowest BCUT2D eigenvalue weighted by atomic mass is 10.1. The third-order valence-electron chi connectivity index (χ3n) is 4.23. The highest BCUT2D eigenvalue weighted by atomic mass is 32.1. The van der Waals surface area contributed by atoms with Crippen molar-refractivity contribution in [3.8, 4) is 0 Å². The Balaban J connectivity index is 1.97. The van der Waals surface area contributed by atoms with Crippen LogP contribution in [-0.4, -0.2) is 38.1 Å². The maximum atomic E-state index is 14.0. The van der Waals surface area contributed by atoms with Crippen LogP contribution >= 0.6 is 11.3 Å². The summed E-state index contributed by atoms with van der Waals surface area (Å²) in [5, 5.41) is 0.383. The highest BCUT2D eigenvalue weighted by Gasteiger charge is 2.22. The van der Waals surface area contributed by atoms with E-state index in [0.717, 1.165) is 35.9 Å². The maximum Gasteiger partial charge on any atom is 0.260 e. The van der Waals surface area contributed by atoms with E-state index in [-0.39, 0.29) is 11.4 Å². The van der Waals surface area contributed by atoms with Crippen molar-refractivity contribution in [2.45, 2.75) is 13.3 Å². The summed E-state index contributed by atoms with van der Waals surface area (Å²) in [6.45, 7) is 3.30. The summed E-state index contributed by atoms with van der Waals surface area (Å²) in [5.74, 6) is -1.56. The van der Waals surface area contributed by atoms with Crippen LogP contribution in [0, 0.1) is 18.6 Å². The molecule has 4 nitrogen and oxygen atoms in total. The van der Waals surface area contributed by atoms with Gasteiger partial charge in [-0.3, -0.25) is 9.69 Å². The number of hydrogen-bond acceptors (Lipinski definition) is 3. The Morgan fingerprint density at radius 3 is 2.56 bits per heavy atom. The zero-order valence-electron chi connectivity index (χ0n) is 15.6. The van der Waals surface area contributed by atoms with Gasteiger partial charge in [0.05, 0.1) is 25.3 Å². The Bertz CT molecular complexity index is 954. The molecule has 0 bridgehead atoms. The molecule has 0 atom stereocenters. The minimum atomic E-state index is -0.715. The van der Waals surface area contributed by atoms with Gasteiger partial charge in [-0.15, -0.1) is 0 Å². The third kappa shape index (κ3) is 4.48. The minimum Gasteiger partial charge on any atom is -0.340 e. The van der Waals surface area contributed by atoms with Crippen LogP contribution in [0.3, 0.4) is 0 Å². The van der Waals surface area contributed by atoms with Crippen LogP contribution in [0.25, 0.3) is 10.2 Å². The molecular formula is C20H22F2N3OS+. The number of aromatic nitrogens is 1. The van der Waals surface area contributed by atoms with E-state index in [1.54, 1.807) is 17.0 Å². The number of anilines is 1. The minimum absolute atomic E-state index is 0.0938. The smallest absolute Gasteiger partial charge is 0.260 e. The van der Waals surface area contributed by atoms with E-state index in [1.807, 2.05) is 33.2 Å². The fourth-order valence-electron chi connectivity index (χ4n) is 2.79. The van der Waals surface area contributed by atoms with Crippen LogP contribution < -0.4 is 9.80 Å². The van der Waals surface area contributed by atoms with E-state index >= 15 is 0 Å². The van der Waals surface area contributed by atoms with Crippen LogP contribution in [0.1, 0.15) is 22.3 Å². The summed E-state index contributed by atoms with van der Waals surface area (Å²) in [5.41, 5.74) is 1.70. The predicted molar refractivity (Wildman–Crippen MR) is 105 cm³/mol. The second-order valence-electron chi connectivity index (χ2n) is 6.86. The Hall–Kier alpha value is -2.38. The largest absolute Gasteiger partial charge is 0.340 e. The molecule has 1 amide bonds. The van der Waals surface area contributed by atoms with Crippen molar-refractivity contribution in [3.05, 3.63) is 59.2 Å². The first-order valence-corrected chi connectivity index (χ1v) is 9.60. The first kappa shape index (κ1) is 19.4. The first-order chi connectivity index (χ1) is 12.8. The summed E-state index contributed by atoms with van der Waals surface area (Å²) in [7, 11) is 4.09. The number of amides is 1. The van der Waals surface area contributed by atoms with E-state index in [2.05, 4.69) is 4.98 Å². The number of carbonyl (C=O) groups excluding carboxylic acids is 1. The first-order valence-electron chi connectivity index (χ1n) is 8.78. The normalized spacial score (nSPS) is 11.3. The molecule has 0 aliphatic heterocycles. The highest BCUT2D eigenvalue weighted by molar-refractivity contribution is 7.22. The second kappa shape index (κ2) is 8.10. The summed E-state index contributed by atoms with van der Waals surface area (Å²) in [6.07, 6.45) is 0.771. The van der Waals surface area contributed by atoms with Crippen LogP contribution in [-0.2, 0) is 0 Å². The number of aryl methyl sites for hydroxylation is 1. The van der Waals surface area contributed by atoms with Gasteiger partial charge in [-0.05, 0) is 25.1 Å². The topological polar surface area (TPSA) is 37.6 Å². The molecule has 3 rings (SSSR count). The summed E-state index contributed by atoms with van der Waals surface area (Å²) >= 11 is 1.13. The number of thiazole rings is 1. The Labute approximate surface area is 161 Å². The molecule has 3 aromatic rings. The van der Waals surface area contributed by atoms with Crippen molar-refractivity contribution >= 4 is 32.6 Å². The number of nitrogens with one attached hydrogen (secondary N) is 1. The summed E-state index contributed by atoms with van der Waals surface area (Å²) in [4.78, 5) is 20.2. The van der Waals surface area contributed by atoms with Crippen LogP contribution in [0.4, 0.5) is 13.9 Å². The standard InChI is InChI=1S/C20H21F2N3OS/c1-13-5-7-14(8-6-13)19(26)25(10-4-9-24(2)3)20-23-18-16(22)11-15(21)12-17(18)27-20/h5-8,11-12H,4,9-10H2,1-3H3/p+1. The van der Waals surface area contributed by atoms with Gasteiger partial charge in [0.1, 0.15) is 11.3 Å². The van der Waals surface area contributed by atoms with Crippen molar-refractivity contribution in [2.75, 3.05) is 32.1 Å². The van der Waals surface area contributed by atoms with E-state index in [0.29, 0.717) is 21.9 Å². The van der Waals surface area contributed by atoms with E-state index < -0.39 is 11.6 Å². The Morgan fingerprint density at radius 1 is 1.19 bits per heavy atom. The SMILES string of the molecule is Cc1ccc(C(=O)N(CCC[NH+](C)C)c2nc3c(F)cc(F)cc3s2)cc1. The Morgan fingerprint density at radius 2 is 1.89 bits per heavy atom. The zero-order valence-corrected chi connectivity index (χ0v) is 16.4. The quantitative estimate of drug-likeness (QED) is 0.703. The number of nitrogens with zero attached hydrogens (tertiary/aromatic N) is 2. The average molecular weight is 390 g/mol. The average Bonchev–Trinajstić information content (AvgIpc) is 3.02.